The first-order valence-corrected chi connectivity index (χ1v) is 9.48. The van der Waals surface area contributed by atoms with Gasteiger partial charge in [-0.05, 0) is 24.5 Å². The number of carbonyl (C=O) groups is 3. The van der Waals surface area contributed by atoms with Gasteiger partial charge in [0.05, 0.1) is 5.97 Å². The molecule has 10 heteroatoms. The first-order chi connectivity index (χ1) is 13.4. The van der Waals surface area contributed by atoms with Crippen LogP contribution < -0.4 is 44.9 Å². The fraction of sp³-hybridized carbons (Fsp3) is 0.579. The van der Waals surface area contributed by atoms with Crippen molar-refractivity contribution in [1.82, 2.24) is 15.2 Å². The molecule has 0 spiro atoms. The van der Waals surface area contributed by atoms with Crippen LogP contribution in [-0.4, -0.2) is 72.1 Å². The summed E-state index contributed by atoms with van der Waals surface area (Å²) < 4.78 is 4.82. The first kappa shape index (κ1) is 23.6. The van der Waals surface area contributed by atoms with Gasteiger partial charge in [-0.15, -0.1) is 0 Å². The Hall–Kier alpha value is -1.68. The van der Waals surface area contributed by atoms with Gasteiger partial charge in [0.15, 0.2) is 6.10 Å². The largest absolute Gasteiger partial charge is 1.00 e. The zero-order valence-electron chi connectivity index (χ0n) is 17.0. The van der Waals surface area contributed by atoms with Crippen molar-refractivity contribution in [2.75, 3.05) is 31.1 Å². The van der Waals surface area contributed by atoms with E-state index in [1.807, 2.05) is 32.0 Å². The summed E-state index contributed by atoms with van der Waals surface area (Å²) in [7, 11) is 0. The fourth-order valence-corrected chi connectivity index (χ4v) is 3.35. The smallest absolute Gasteiger partial charge is 0.547 e. The van der Waals surface area contributed by atoms with E-state index in [-0.39, 0.29) is 41.4 Å². The molecule has 1 N–H and O–H groups in total. The van der Waals surface area contributed by atoms with E-state index in [0.29, 0.717) is 32.6 Å². The molecule has 152 valence electrons. The summed E-state index contributed by atoms with van der Waals surface area (Å²) in [5, 5.41) is 13.4. The van der Waals surface area contributed by atoms with E-state index >= 15 is 0 Å². The topological polar surface area (TPSA) is 118 Å². The van der Waals surface area contributed by atoms with Gasteiger partial charge < -0.3 is 29.8 Å². The van der Waals surface area contributed by atoms with Crippen LogP contribution in [0, 0.1) is 5.92 Å². The molecule has 2 fully saturated rings. The second kappa shape index (κ2) is 10.4. The Balaban J connectivity index is 0.00000300. The Bertz CT molecular complexity index is 725. The number of ether oxygens (including phenoxy) is 1. The average Bonchev–Trinajstić information content (AvgIpc) is 3.49. The van der Waals surface area contributed by atoms with Crippen molar-refractivity contribution in [3.8, 4) is 0 Å². The molecule has 2 aliphatic heterocycles. The molecule has 2 saturated heterocycles. The molecule has 2 aliphatic rings. The maximum Gasteiger partial charge on any atom is 1.00 e. The maximum absolute atomic E-state index is 13.0. The Morgan fingerprint density at radius 2 is 1.90 bits per heavy atom. The Labute approximate surface area is 192 Å². The van der Waals surface area contributed by atoms with Gasteiger partial charge in [0.25, 0.3) is 5.91 Å². The van der Waals surface area contributed by atoms with E-state index in [1.165, 1.54) is 0 Å². The number of epoxide rings is 1. The average molecular weight is 412 g/mol. The number of amides is 2. The second-order valence-corrected chi connectivity index (χ2v) is 7.49. The molecule has 1 aromatic rings. The number of carboxylic acids is 1. The van der Waals surface area contributed by atoms with Crippen molar-refractivity contribution in [3.05, 3.63) is 24.4 Å². The summed E-state index contributed by atoms with van der Waals surface area (Å²) in [4.78, 5) is 44.1. The van der Waals surface area contributed by atoms with E-state index in [4.69, 9.17) is 4.74 Å². The summed E-state index contributed by atoms with van der Waals surface area (Å²) in [5.74, 6) is -1.10. The van der Waals surface area contributed by atoms with Crippen molar-refractivity contribution in [2.24, 2.45) is 5.92 Å². The first-order valence-electron chi connectivity index (χ1n) is 9.48. The van der Waals surface area contributed by atoms with Crippen LogP contribution >= 0.6 is 0 Å². The standard InChI is InChI=1S/C19H26N4O5.Na/c1-12(2)11-13(21-17(24)15-16(28-15)19(26)27)18(25)23-9-7-22(8-10-23)14-5-3-4-6-20-14;/h3-6,12-13,15-16H,7-11H2,1-2H3,(H,21,24)(H,26,27);/q;+1/p-1. The quantitative estimate of drug-likeness (QED) is 0.356. The van der Waals surface area contributed by atoms with Crippen molar-refractivity contribution in [1.29, 1.82) is 0 Å². The summed E-state index contributed by atoms with van der Waals surface area (Å²) in [6.07, 6.45) is -0.0977. The molecule has 3 unspecified atom stereocenters. The number of rotatable bonds is 7. The molecule has 0 saturated carbocycles. The van der Waals surface area contributed by atoms with Crippen LogP contribution in [0.3, 0.4) is 0 Å². The number of hydrogen-bond acceptors (Lipinski definition) is 7. The zero-order valence-corrected chi connectivity index (χ0v) is 19.0. The van der Waals surface area contributed by atoms with Crippen LogP contribution in [0.2, 0.25) is 0 Å². The molecule has 0 bridgehead atoms. The van der Waals surface area contributed by atoms with Gasteiger partial charge in [0.2, 0.25) is 5.91 Å². The van der Waals surface area contributed by atoms with Gasteiger partial charge in [-0.2, -0.15) is 0 Å². The number of carboxylic acid groups (broad SMARTS) is 1. The van der Waals surface area contributed by atoms with Crippen LogP contribution in [0.1, 0.15) is 20.3 Å². The third kappa shape index (κ3) is 6.15. The molecular weight excluding hydrogens is 387 g/mol. The number of nitrogens with one attached hydrogen (secondary N) is 1. The molecule has 3 rings (SSSR count). The van der Waals surface area contributed by atoms with Crippen molar-refractivity contribution in [3.63, 3.8) is 0 Å². The number of nitrogens with zero attached hydrogens (tertiary/aromatic N) is 3. The minimum atomic E-state index is -1.42. The van der Waals surface area contributed by atoms with E-state index in [0.717, 1.165) is 5.82 Å². The van der Waals surface area contributed by atoms with Gasteiger partial charge in [-0.3, -0.25) is 9.59 Å². The molecule has 1 aromatic heterocycles. The van der Waals surface area contributed by atoms with Crippen LogP contribution in [0.5, 0.6) is 0 Å². The normalized spacial score (nSPS) is 21.9. The zero-order chi connectivity index (χ0) is 20.3. The van der Waals surface area contributed by atoms with Crippen LogP contribution in [0.25, 0.3) is 0 Å². The molecule has 0 aliphatic carbocycles. The minimum absolute atomic E-state index is 0. The SMILES string of the molecule is CC(C)CC(NC(=O)C1OC1C(=O)[O-])C(=O)N1CCN(c2ccccn2)CC1.[Na+]. The molecule has 3 heterocycles. The van der Waals surface area contributed by atoms with E-state index in [1.54, 1.807) is 11.1 Å². The summed E-state index contributed by atoms with van der Waals surface area (Å²) in [5.41, 5.74) is 0. The van der Waals surface area contributed by atoms with E-state index in [2.05, 4.69) is 15.2 Å². The molecule has 0 radical (unpaired) electrons. The molecular formula is C19H25N4NaO5. The van der Waals surface area contributed by atoms with Crippen LogP contribution in [0.15, 0.2) is 24.4 Å². The number of pyridine rings is 1. The maximum atomic E-state index is 13.0. The van der Waals surface area contributed by atoms with Gasteiger partial charge in [-0.25, -0.2) is 4.98 Å². The summed E-state index contributed by atoms with van der Waals surface area (Å²) in [6, 6.07) is 5.01. The number of aliphatic carboxylic acids is 1. The Kier molecular flexibility index (Phi) is 8.45. The molecule has 29 heavy (non-hydrogen) atoms. The van der Waals surface area contributed by atoms with Gasteiger partial charge in [0.1, 0.15) is 18.0 Å². The monoisotopic (exact) mass is 412 g/mol. The van der Waals surface area contributed by atoms with Crippen molar-refractivity contribution in [2.45, 2.75) is 38.5 Å². The van der Waals surface area contributed by atoms with Gasteiger partial charge >= 0.3 is 29.6 Å². The molecule has 2 amide bonds. The Morgan fingerprint density at radius 1 is 1.21 bits per heavy atom. The van der Waals surface area contributed by atoms with Gasteiger partial charge in [-0.1, -0.05) is 19.9 Å². The number of carbonyl (C=O) groups excluding carboxylic acids is 3. The molecule has 9 nitrogen and oxygen atoms in total. The molecule has 3 atom stereocenters. The van der Waals surface area contributed by atoms with Crippen molar-refractivity contribution < 1.29 is 53.8 Å². The van der Waals surface area contributed by atoms with Gasteiger partial charge in [0, 0.05) is 32.4 Å². The number of aromatic nitrogens is 1. The van der Waals surface area contributed by atoms with E-state index < -0.39 is 30.1 Å². The third-order valence-electron chi connectivity index (χ3n) is 4.87. The second-order valence-electron chi connectivity index (χ2n) is 7.49. The number of piperazine rings is 1. The number of hydrogen-bond donors (Lipinski definition) is 1. The minimum Gasteiger partial charge on any atom is -0.547 e. The predicted octanol–water partition coefficient (Wildman–Crippen LogP) is -4.22. The predicted molar refractivity (Wildman–Crippen MR) is 98.1 cm³/mol. The van der Waals surface area contributed by atoms with Crippen LogP contribution in [-0.2, 0) is 19.1 Å². The summed E-state index contributed by atoms with van der Waals surface area (Å²) >= 11 is 0. The molecule has 0 aromatic carbocycles. The third-order valence-corrected chi connectivity index (χ3v) is 4.87. The summed E-state index contributed by atoms with van der Waals surface area (Å²) in [6.45, 7) is 6.29. The van der Waals surface area contributed by atoms with Crippen LogP contribution in [0.4, 0.5) is 5.82 Å². The Morgan fingerprint density at radius 3 is 2.41 bits per heavy atom. The number of anilines is 1. The van der Waals surface area contributed by atoms with Crippen molar-refractivity contribution >= 4 is 23.6 Å². The fourth-order valence-electron chi connectivity index (χ4n) is 3.35. The van der Waals surface area contributed by atoms with E-state index in [9.17, 15) is 19.5 Å².